The van der Waals surface area contributed by atoms with Gasteiger partial charge in [-0.15, -0.1) is 0 Å². The van der Waals surface area contributed by atoms with Crippen LogP contribution in [0, 0.1) is 5.82 Å². The Bertz CT molecular complexity index is 627. The van der Waals surface area contributed by atoms with Crippen molar-refractivity contribution in [2.45, 2.75) is 0 Å². The number of rotatable bonds is 2. The quantitative estimate of drug-likeness (QED) is 0.755. The van der Waals surface area contributed by atoms with Crippen LogP contribution in [-0.4, -0.2) is 12.3 Å². The number of nitrogens with zero attached hydrogens (tertiary/aromatic N) is 1. The first-order valence-electron chi connectivity index (χ1n) is 5.90. The van der Waals surface area contributed by atoms with Crippen LogP contribution in [0.15, 0.2) is 65.7 Å². The first kappa shape index (κ1) is 10.9. The molecule has 1 aliphatic heterocycles. The molecule has 0 bridgehead atoms. The van der Waals surface area contributed by atoms with E-state index in [1.807, 2.05) is 42.5 Å². The van der Waals surface area contributed by atoms with Gasteiger partial charge in [0.15, 0.2) is 0 Å². The third-order valence-electron chi connectivity index (χ3n) is 3.03. The normalized spacial score (nSPS) is 14.3. The maximum absolute atomic E-state index is 13.7. The smallest absolute Gasteiger partial charge is 0.132 e. The van der Waals surface area contributed by atoms with E-state index < -0.39 is 0 Å². The van der Waals surface area contributed by atoms with Gasteiger partial charge in [-0.2, -0.15) is 0 Å². The minimum absolute atomic E-state index is 0.221. The molecule has 0 aliphatic carbocycles. The number of aliphatic imine (C=N–C) groups is 1. The summed E-state index contributed by atoms with van der Waals surface area (Å²) in [6, 6.07) is 16.8. The second-order valence-corrected chi connectivity index (χ2v) is 4.22. The molecule has 1 heterocycles. The van der Waals surface area contributed by atoms with E-state index in [2.05, 4.69) is 4.99 Å². The van der Waals surface area contributed by atoms with Gasteiger partial charge in [0.1, 0.15) is 5.82 Å². The highest BCUT2D eigenvalue weighted by Gasteiger charge is 2.14. The minimum atomic E-state index is -0.221. The molecule has 2 heteroatoms. The zero-order valence-corrected chi connectivity index (χ0v) is 9.81. The number of benzene rings is 2. The predicted molar refractivity (Wildman–Crippen MR) is 72.2 cm³/mol. The van der Waals surface area contributed by atoms with Crippen molar-refractivity contribution in [3.8, 4) is 0 Å². The third-order valence-corrected chi connectivity index (χ3v) is 3.03. The molecule has 1 nitrogen and oxygen atoms in total. The molecule has 0 radical (unpaired) electrons. The van der Waals surface area contributed by atoms with E-state index in [0.717, 1.165) is 16.8 Å². The summed E-state index contributed by atoms with van der Waals surface area (Å²) in [5.74, 6) is -0.221. The lowest BCUT2D eigenvalue weighted by Crippen LogP contribution is -1.97. The van der Waals surface area contributed by atoms with E-state index in [0.29, 0.717) is 12.1 Å². The van der Waals surface area contributed by atoms with Crippen molar-refractivity contribution in [1.82, 2.24) is 0 Å². The summed E-state index contributed by atoms with van der Waals surface area (Å²) < 4.78 is 13.7. The van der Waals surface area contributed by atoms with Gasteiger partial charge in [-0.05, 0) is 29.3 Å². The highest BCUT2D eigenvalue weighted by molar-refractivity contribution is 6.15. The maximum Gasteiger partial charge on any atom is 0.132 e. The molecule has 88 valence electrons. The Labute approximate surface area is 105 Å². The molecule has 3 rings (SSSR count). The van der Waals surface area contributed by atoms with E-state index in [1.54, 1.807) is 12.1 Å². The third kappa shape index (κ3) is 1.97. The summed E-state index contributed by atoms with van der Waals surface area (Å²) in [5.41, 5.74) is 3.58. The Kier molecular flexibility index (Phi) is 2.77. The molecule has 0 fully saturated rings. The predicted octanol–water partition coefficient (Wildman–Crippen LogP) is 3.71. The molecule has 0 saturated carbocycles. The van der Waals surface area contributed by atoms with Crippen LogP contribution in [-0.2, 0) is 0 Å². The monoisotopic (exact) mass is 237 g/mol. The van der Waals surface area contributed by atoms with Crippen LogP contribution in [0.4, 0.5) is 4.39 Å². The van der Waals surface area contributed by atoms with E-state index in [4.69, 9.17) is 0 Å². The zero-order chi connectivity index (χ0) is 12.4. The number of hydrogen-bond donors (Lipinski definition) is 0. The molecule has 0 spiro atoms. The lowest BCUT2D eigenvalue weighted by molar-refractivity contribution is 0.625. The fourth-order valence-electron chi connectivity index (χ4n) is 2.09. The van der Waals surface area contributed by atoms with Crippen molar-refractivity contribution in [1.29, 1.82) is 0 Å². The van der Waals surface area contributed by atoms with Crippen molar-refractivity contribution < 1.29 is 4.39 Å². The summed E-state index contributed by atoms with van der Waals surface area (Å²) in [5, 5.41) is 0. The molecule has 2 aromatic carbocycles. The minimum Gasteiger partial charge on any atom is -0.280 e. The SMILES string of the molecule is Fc1ccccc1C1=NCC(c2ccccc2)=C1. The van der Waals surface area contributed by atoms with Crippen LogP contribution in [0.3, 0.4) is 0 Å². The van der Waals surface area contributed by atoms with Crippen molar-refractivity contribution >= 4 is 11.3 Å². The average molecular weight is 237 g/mol. The first-order valence-corrected chi connectivity index (χ1v) is 5.90. The number of allylic oxidation sites excluding steroid dienone is 1. The van der Waals surface area contributed by atoms with Crippen molar-refractivity contribution in [2.24, 2.45) is 4.99 Å². The fraction of sp³-hybridized carbons (Fsp3) is 0.0625. The van der Waals surface area contributed by atoms with Gasteiger partial charge >= 0.3 is 0 Å². The molecule has 1 aliphatic rings. The lowest BCUT2D eigenvalue weighted by atomic mass is 10.0. The highest BCUT2D eigenvalue weighted by Crippen LogP contribution is 2.22. The van der Waals surface area contributed by atoms with Gasteiger partial charge in [-0.1, -0.05) is 42.5 Å². The molecule has 18 heavy (non-hydrogen) atoms. The van der Waals surface area contributed by atoms with Crippen molar-refractivity contribution in [3.05, 3.63) is 77.6 Å². The fourth-order valence-corrected chi connectivity index (χ4v) is 2.09. The zero-order valence-electron chi connectivity index (χ0n) is 9.81. The Morgan fingerprint density at radius 1 is 0.889 bits per heavy atom. The molecule has 0 unspecified atom stereocenters. The molecule has 0 N–H and O–H groups in total. The molecule has 2 aromatic rings. The van der Waals surface area contributed by atoms with Crippen LogP contribution < -0.4 is 0 Å². The molecular weight excluding hydrogens is 225 g/mol. The average Bonchev–Trinajstić information content (AvgIpc) is 2.90. The largest absolute Gasteiger partial charge is 0.280 e. The van der Waals surface area contributed by atoms with E-state index >= 15 is 0 Å². The van der Waals surface area contributed by atoms with Gasteiger partial charge in [0, 0.05) is 5.56 Å². The summed E-state index contributed by atoms with van der Waals surface area (Å²) in [4.78, 5) is 4.41. The Morgan fingerprint density at radius 3 is 2.39 bits per heavy atom. The van der Waals surface area contributed by atoms with Crippen LogP contribution >= 0.6 is 0 Å². The first-order chi connectivity index (χ1) is 8.84. The van der Waals surface area contributed by atoms with E-state index in [9.17, 15) is 4.39 Å². The van der Waals surface area contributed by atoms with Crippen LogP contribution in [0.5, 0.6) is 0 Å². The van der Waals surface area contributed by atoms with Gasteiger partial charge < -0.3 is 0 Å². The molecule has 0 aromatic heterocycles. The Morgan fingerprint density at radius 2 is 1.61 bits per heavy atom. The highest BCUT2D eigenvalue weighted by atomic mass is 19.1. The topological polar surface area (TPSA) is 12.4 Å². The van der Waals surface area contributed by atoms with Crippen molar-refractivity contribution in [2.75, 3.05) is 6.54 Å². The molecular formula is C16H12FN. The van der Waals surface area contributed by atoms with Gasteiger partial charge in [0.05, 0.1) is 12.3 Å². The lowest BCUT2D eigenvalue weighted by Gasteiger charge is -2.00. The summed E-state index contributed by atoms with van der Waals surface area (Å²) >= 11 is 0. The van der Waals surface area contributed by atoms with Gasteiger partial charge in [0.2, 0.25) is 0 Å². The van der Waals surface area contributed by atoms with Crippen molar-refractivity contribution in [3.63, 3.8) is 0 Å². The van der Waals surface area contributed by atoms with Gasteiger partial charge in [-0.25, -0.2) is 4.39 Å². The standard InChI is InChI=1S/C16H12FN/c17-15-9-5-4-8-14(15)16-10-13(11-18-16)12-6-2-1-3-7-12/h1-10H,11H2. The van der Waals surface area contributed by atoms with Gasteiger partial charge in [0.25, 0.3) is 0 Å². The molecule has 0 saturated heterocycles. The maximum atomic E-state index is 13.7. The summed E-state index contributed by atoms with van der Waals surface area (Å²) in [7, 11) is 0. The second-order valence-electron chi connectivity index (χ2n) is 4.22. The second kappa shape index (κ2) is 4.57. The van der Waals surface area contributed by atoms with E-state index in [-0.39, 0.29) is 5.82 Å². The number of hydrogen-bond acceptors (Lipinski definition) is 1. The van der Waals surface area contributed by atoms with Gasteiger partial charge in [-0.3, -0.25) is 4.99 Å². The molecule has 0 amide bonds. The summed E-state index contributed by atoms with van der Waals surface area (Å²) in [6.45, 7) is 0.619. The number of halogens is 1. The molecule has 0 atom stereocenters. The van der Waals surface area contributed by atoms with Crippen LogP contribution in [0.2, 0.25) is 0 Å². The van der Waals surface area contributed by atoms with Crippen LogP contribution in [0.1, 0.15) is 11.1 Å². The van der Waals surface area contributed by atoms with E-state index in [1.165, 1.54) is 6.07 Å². The Balaban J connectivity index is 1.94. The Hall–Kier alpha value is -2.22. The van der Waals surface area contributed by atoms with Crippen LogP contribution in [0.25, 0.3) is 5.57 Å². The summed E-state index contributed by atoms with van der Waals surface area (Å²) in [6.07, 6.45) is 1.97.